The molecule has 1 heterocycles. The van der Waals surface area contributed by atoms with Crippen LogP contribution >= 0.6 is 0 Å². The number of amides is 1. The Hall–Kier alpha value is -1.98. The maximum Gasteiger partial charge on any atom is 0.251 e. The predicted molar refractivity (Wildman–Crippen MR) is 120 cm³/mol. The first kappa shape index (κ1) is 21.7. The summed E-state index contributed by atoms with van der Waals surface area (Å²) in [5.74, 6) is 1.84. The minimum Gasteiger partial charge on any atom is -0.348 e. The van der Waals surface area contributed by atoms with E-state index < -0.39 is 10.8 Å². The van der Waals surface area contributed by atoms with Gasteiger partial charge in [0.15, 0.2) is 0 Å². The standard InChI is InChI=1S/C24H32N2O2S/c1-18-11-19(2)15-26(14-18)16-23-9-5-4-8-22(23)13-25-24(27)21-10-6-7-20(12-21)17-29(3)28/h4-10,12,18-19H,11,13-17H2,1-3H3,(H,25,27). The summed E-state index contributed by atoms with van der Waals surface area (Å²) >= 11 is 0. The number of carbonyl (C=O) groups is 1. The van der Waals surface area contributed by atoms with E-state index in [0.29, 0.717) is 17.9 Å². The van der Waals surface area contributed by atoms with Crippen LogP contribution in [0.25, 0.3) is 0 Å². The topological polar surface area (TPSA) is 49.4 Å². The van der Waals surface area contributed by atoms with Crippen molar-refractivity contribution in [1.82, 2.24) is 10.2 Å². The molecule has 4 nitrogen and oxygen atoms in total. The zero-order valence-corrected chi connectivity index (χ0v) is 18.5. The largest absolute Gasteiger partial charge is 0.348 e. The van der Waals surface area contributed by atoms with Gasteiger partial charge < -0.3 is 5.32 Å². The first-order valence-corrected chi connectivity index (χ1v) is 12.1. The number of benzene rings is 2. The second-order valence-corrected chi connectivity index (χ2v) is 9.94. The Balaban J connectivity index is 1.64. The van der Waals surface area contributed by atoms with Crippen molar-refractivity contribution in [3.8, 4) is 0 Å². The molecule has 0 bridgehead atoms. The first-order chi connectivity index (χ1) is 13.9. The second-order valence-electron chi connectivity index (χ2n) is 8.51. The van der Waals surface area contributed by atoms with Crippen LogP contribution in [-0.2, 0) is 29.6 Å². The molecule has 1 N–H and O–H groups in total. The van der Waals surface area contributed by atoms with Crippen LogP contribution in [0.5, 0.6) is 0 Å². The lowest BCUT2D eigenvalue weighted by molar-refractivity contribution is 0.0950. The number of nitrogens with zero attached hydrogens (tertiary/aromatic N) is 1. The van der Waals surface area contributed by atoms with Crippen molar-refractivity contribution < 1.29 is 9.00 Å². The van der Waals surface area contributed by atoms with Crippen LogP contribution in [0.4, 0.5) is 0 Å². The number of hydrogen-bond donors (Lipinski definition) is 1. The Bertz CT molecular complexity index is 857. The first-order valence-electron chi connectivity index (χ1n) is 10.4. The van der Waals surface area contributed by atoms with Crippen molar-refractivity contribution in [3.63, 3.8) is 0 Å². The summed E-state index contributed by atoms with van der Waals surface area (Å²) in [5.41, 5.74) is 3.98. The molecule has 0 spiro atoms. The summed E-state index contributed by atoms with van der Waals surface area (Å²) in [6, 6.07) is 15.8. The fourth-order valence-corrected chi connectivity index (χ4v) is 5.01. The third-order valence-electron chi connectivity index (χ3n) is 5.46. The fourth-order valence-electron chi connectivity index (χ4n) is 4.36. The van der Waals surface area contributed by atoms with Crippen LogP contribution in [0, 0.1) is 11.8 Å². The highest BCUT2D eigenvalue weighted by atomic mass is 32.2. The summed E-state index contributed by atoms with van der Waals surface area (Å²) in [5, 5.41) is 3.06. The van der Waals surface area contributed by atoms with E-state index in [-0.39, 0.29) is 5.91 Å². The lowest BCUT2D eigenvalue weighted by atomic mass is 9.91. The molecule has 2 aromatic rings. The lowest BCUT2D eigenvalue weighted by Crippen LogP contribution is -2.38. The van der Waals surface area contributed by atoms with Gasteiger partial charge in [0.2, 0.25) is 0 Å². The quantitative estimate of drug-likeness (QED) is 0.749. The third-order valence-corrected chi connectivity index (χ3v) is 6.20. The van der Waals surface area contributed by atoms with Crippen LogP contribution < -0.4 is 5.32 Å². The van der Waals surface area contributed by atoms with Gasteiger partial charge in [0.25, 0.3) is 5.91 Å². The van der Waals surface area contributed by atoms with Crippen molar-refractivity contribution in [2.24, 2.45) is 11.8 Å². The molecule has 0 saturated carbocycles. The van der Waals surface area contributed by atoms with Gasteiger partial charge in [0.1, 0.15) is 0 Å². The van der Waals surface area contributed by atoms with Crippen molar-refractivity contribution in [1.29, 1.82) is 0 Å². The highest BCUT2D eigenvalue weighted by Crippen LogP contribution is 2.23. The molecule has 5 heteroatoms. The number of nitrogens with one attached hydrogen (secondary N) is 1. The average Bonchev–Trinajstić information content (AvgIpc) is 2.66. The summed E-state index contributed by atoms with van der Waals surface area (Å²) in [6.07, 6.45) is 2.98. The van der Waals surface area contributed by atoms with Crippen LogP contribution in [0.15, 0.2) is 48.5 Å². The third kappa shape index (κ3) is 6.51. The Morgan fingerprint density at radius 3 is 2.45 bits per heavy atom. The predicted octanol–water partition coefficient (Wildman–Crippen LogP) is 3.97. The van der Waals surface area contributed by atoms with Crippen LogP contribution in [-0.4, -0.2) is 34.4 Å². The van der Waals surface area contributed by atoms with Crippen molar-refractivity contribution in [3.05, 3.63) is 70.8 Å². The highest BCUT2D eigenvalue weighted by Gasteiger charge is 2.22. The molecule has 0 aliphatic carbocycles. The van der Waals surface area contributed by atoms with Gasteiger partial charge in [-0.25, -0.2) is 0 Å². The van der Waals surface area contributed by atoms with E-state index in [4.69, 9.17) is 0 Å². The monoisotopic (exact) mass is 412 g/mol. The number of likely N-dealkylation sites (tertiary alicyclic amines) is 1. The SMILES string of the molecule is CC1CC(C)CN(Cc2ccccc2CNC(=O)c2cccc(CS(C)=O)c2)C1. The summed E-state index contributed by atoms with van der Waals surface area (Å²) < 4.78 is 11.5. The van der Waals surface area contributed by atoms with E-state index in [1.54, 1.807) is 12.3 Å². The van der Waals surface area contributed by atoms with Gasteiger partial charge in [-0.05, 0) is 47.1 Å². The van der Waals surface area contributed by atoms with Crippen LogP contribution in [0.1, 0.15) is 47.3 Å². The molecular weight excluding hydrogens is 380 g/mol. The Kier molecular flexibility index (Phi) is 7.62. The average molecular weight is 413 g/mol. The molecule has 0 radical (unpaired) electrons. The molecule has 1 amide bonds. The van der Waals surface area contributed by atoms with E-state index in [9.17, 15) is 9.00 Å². The summed E-state index contributed by atoms with van der Waals surface area (Å²) in [6.45, 7) is 8.37. The van der Waals surface area contributed by atoms with Gasteiger partial charge >= 0.3 is 0 Å². The summed E-state index contributed by atoms with van der Waals surface area (Å²) in [7, 11) is -0.920. The number of piperidine rings is 1. The van der Waals surface area contributed by atoms with Crippen molar-refractivity contribution in [2.75, 3.05) is 19.3 Å². The minimum atomic E-state index is -0.920. The molecule has 1 aliphatic rings. The molecule has 1 aliphatic heterocycles. The molecule has 3 rings (SSSR count). The highest BCUT2D eigenvalue weighted by molar-refractivity contribution is 7.83. The lowest BCUT2D eigenvalue weighted by Gasteiger charge is -2.35. The van der Waals surface area contributed by atoms with Gasteiger partial charge in [0.05, 0.1) is 0 Å². The van der Waals surface area contributed by atoms with Crippen molar-refractivity contribution in [2.45, 2.75) is 39.1 Å². The maximum absolute atomic E-state index is 12.6. The molecule has 156 valence electrons. The number of hydrogen-bond acceptors (Lipinski definition) is 3. The molecule has 3 atom stereocenters. The van der Waals surface area contributed by atoms with Gasteiger partial charge in [-0.15, -0.1) is 0 Å². The summed E-state index contributed by atoms with van der Waals surface area (Å²) in [4.78, 5) is 15.2. The van der Waals surface area contributed by atoms with Gasteiger partial charge in [-0.1, -0.05) is 50.2 Å². The minimum absolute atomic E-state index is 0.0937. The molecule has 0 aromatic heterocycles. The van der Waals surface area contributed by atoms with Crippen molar-refractivity contribution >= 4 is 16.7 Å². The number of carbonyl (C=O) groups excluding carboxylic acids is 1. The fraction of sp³-hybridized carbons (Fsp3) is 0.458. The molecular formula is C24H32N2O2S. The smallest absolute Gasteiger partial charge is 0.251 e. The van der Waals surface area contributed by atoms with Gasteiger partial charge in [0, 0.05) is 54.6 Å². The van der Waals surface area contributed by atoms with Gasteiger partial charge in [-0.2, -0.15) is 0 Å². The van der Waals surface area contributed by atoms with Crippen LogP contribution in [0.3, 0.4) is 0 Å². The second kappa shape index (κ2) is 10.2. The molecule has 3 unspecified atom stereocenters. The van der Waals surface area contributed by atoms with Crippen LogP contribution in [0.2, 0.25) is 0 Å². The van der Waals surface area contributed by atoms with E-state index >= 15 is 0 Å². The number of rotatable bonds is 7. The van der Waals surface area contributed by atoms with E-state index in [0.717, 1.165) is 42.6 Å². The van der Waals surface area contributed by atoms with E-state index in [1.165, 1.54) is 12.0 Å². The normalized spacial score (nSPS) is 20.9. The molecule has 1 fully saturated rings. The van der Waals surface area contributed by atoms with E-state index in [2.05, 4.69) is 42.3 Å². The maximum atomic E-state index is 12.6. The molecule has 29 heavy (non-hydrogen) atoms. The Labute approximate surface area is 177 Å². The van der Waals surface area contributed by atoms with Gasteiger partial charge in [-0.3, -0.25) is 13.9 Å². The molecule has 1 saturated heterocycles. The Morgan fingerprint density at radius 2 is 1.76 bits per heavy atom. The zero-order chi connectivity index (χ0) is 20.8. The zero-order valence-electron chi connectivity index (χ0n) is 17.7. The van der Waals surface area contributed by atoms with E-state index in [1.807, 2.05) is 24.3 Å². The molecule has 2 aromatic carbocycles. The Morgan fingerprint density at radius 1 is 1.07 bits per heavy atom.